The Morgan fingerprint density at radius 3 is 3.11 bits per heavy atom. The van der Waals surface area contributed by atoms with Gasteiger partial charge in [-0.1, -0.05) is 30.9 Å². The van der Waals surface area contributed by atoms with Gasteiger partial charge in [-0.05, 0) is 24.7 Å². The lowest BCUT2D eigenvalue weighted by molar-refractivity contribution is 0.356. The third-order valence-corrected chi connectivity index (χ3v) is 4.29. The molecule has 0 aliphatic carbocycles. The van der Waals surface area contributed by atoms with Crippen molar-refractivity contribution in [2.24, 2.45) is 0 Å². The van der Waals surface area contributed by atoms with Gasteiger partial charge in [0.1, 0.15) is 12.4 Å². The predicted octanol–water partition coefficient (Wildman–Crippen LogP) is 3.24. The summed E-state index contributed by atoms with van der Waals surface area (Å²) in [5.41, 5.74) is 1.23. The van der Waals surface area contributed by atoms with Gasteiger partial charge in [0.2, 0.25) is 0 Å². The van der Waals surface area contributed by atoms with Crippen molar-refractivity contribution in [2.75, 3.05) is 18.1 Å². The Morgan fingerprint density at radius 2 is 2.33 bits per heavy atom. The smallest absolute Gasteiger partial charge is 0.124 e. The predicted molar refractivity (Wildman–Crippen MR) is 79.3 cm³/mol. The van der Waals surface area contributed by atoms with Gasteiger partial charge in [0.25, 0.3) is 0 Å². The third kappa shape index (κ3) is 4.07. The van der Waals surface area contributed by atoms with Gasteiger partial charge in [-0.15, -0.1) is 0 Å². The van der Waals surface area contributed by atoms with E-state index in [1.54, 1.807) is 6.08 Å². The molecule has 2 rings (SSSR count). The van der Waals surface area contributed by atoms with Crippen molar-refractivity contribution in [3.63, 3.8) is 0 Å². The fraction of sp³-hybridized carbons (Fsp3) is 0.467. The molecule has 0 bridgehead atoms. The van der Waals surface area contributed by atoms with Crippen LogP contribution < -0.4 is 10.1 Å². The normalized spacial score (nSPS) is 19.4. The summed E-state index contributed by atoms with van der Waals surface area (Å²) in [6, 6.07) is 8.87. The summed E-state index contributed by atoms with van der Waals surface area (Å²) in [4.78, 5) is 0. The van der Waals surface area contributed by atoms with E-state index in [-0.39, 0.29) is 0 Å². The maximum absolute atomic E-state index is 5.66. The van der Waals surface area contributed by atoms with Crippen LogP contribution in [0.4, 0.5) is 0 Å². The quantitative estimate of drug-likeness (QED) is 0.796. The summed E-state index contributed by atoms with van der Waals surface area (Å²) in [5, 5.41) is 3.63. The summed E-state index contributed by atoms with van der Waals surface area (Å²) >= 11 is 2.05. The van der Waals surface area contributed by atoms with E-state index >= 15 is 0 Å². The molecule has 1 aromatic carbocycles. The van der Waals surface area contributed by atoms with E-state index in [1.165, 1.54) is 29.9 Å². The van der Waals surface area contributed by atoms with Gasteiger partial charge >= 0.3 is 0 Å². The highest BCUT2D eigenvalue weighted by Crippen LogP contribution is 2.20. The summed E-state index contributed by atoms with van der Waals surface area (Å²) < 4.78 is 5.66. The van der Waals surface area contributed by atoms with Gasteiger partial charge in [-0.25, -0.2) is 0 Å². The van der Waals surface area contributed by atoms with Crippen LogP contribution in [0.2, 0.25) is 0 Å². The number of nitrogens with one attached hydrogen (secondary N) is 1. The van der Waals surface area contributed by atoms with Crippen molar-refractivity contribution in [3.05, 3.63) is 42.5 Å². The second-order valence-corrected chi connectivity index (χ2v) is 5.65. The van der Waals surface area contributed by atoms with E-state index in [1.807, 2.05) is 23.9 Å². The van der Waals surface area contributed by atoms with Gasteiger partial charge in [-0.3, -0.25) is 0 Å². The van der Waals surface area contributed by atoms with Gasteiger partial charge < -0.3 is 10.1 Å². The zero-order chi connectivity index (χ0) is 12.6. The van der Waals surface area contributed by atoms with Gasteiger partial charge in [0.05, 0.1) is 0 Å². The first kappa shape index (κ1) is 13.5. The number of rotatable bonds is 6. The number of ether oxygens (including phenoxy) is 1. The first-order chi connectivity index (χ1) is 8.90. The van der Waals surface area contributed by atoms with E-state index < -0.39 is 0 Å². The Bertz CT molecular complexity index is 375. The highest BCUT2D eigenvalue weighted by atomic mass is 32.2. The van der Waals surface area contributed by atoms with Crippen LogP contribution in [0.3, 0.4) is 0 Å². The lowest BCUT2D eigenvalue weighted by atomic mass is 10.1. The van der Waals surface area contributed by atoms with Crippen molar-refractivity contribution in [2.45, 2.75) is 25.4 Å². The molecule has 0 saturated carbocycles. The van der Waals surface area contributed by atoms with Crippen molar-refractivity contribution in [3.8, 4) is 5.75 Å². The van der Waals surface area contributed by atoms with Crippen LogP contribution >= 0.6 is 11.8 Å². The minimum atomic E-state index is 0.566. The van der Waals surface area contributed by atoms with Crippen LogP contribution in [0.15, 0.2) is 36.9 Å². The van der Waals surface area contributed by atoms with E-state index in [0.717, 1.165) is 12.3 Å². The third-order valence-electron chi connectivity index (χ3n) is 3.07. The van der Waals surface area contributed by atoms with Crippen LogP contribution in [0, 0.1) is 0 Å². The SMILES string of the molecule is C=CCOc1ccccc1CNC1CCCSC1. The molecule has 1 aliphatic heterocycles. The molecule has 3 heteroatoms. The largest absolute Gasteiger partial charge is 0.489 e. The zero-order valence-corrected chi connectivity index (χ0v) is 11.5. The molecule has 1 fully saturated rings. The fourth-order valence-corrected chi connectivity index (χ4v) is 3.20. The lowest BCUT2D eigenvalue weighted by Gasteiger charge is -2.23. The van der Waals surface area contributed by atoms with E-state index in [4.69, 9.17) is 4.74 Å². The summed E-state index contributed by atoms with van der Waals surface area (Å²) in [7, 11) is 0. The summed E-state index contributed by atoms with van der Waals surface area (Å²) in [6.07, 6.45) is 4.40. The highest BCUT2D eigenvalue weighted by Gasteiger charge is 2.13. The molecule has 18 heavy (non-hydrogen) atoms. The van der Waals surface area contributed by atoms with Crippen molar-refractivity contribution in [1.82, 2.24) is 5.32 Å². The van der Waals surface area contributed by atoms with Crippen LogP contribution in [-0.4, -0.2) is 24.2 Å². The monoisotopic (exact) mass is 263 g/mol. The Balaban J connectivity index is 1.88. The zero-order valence-electron chi connectivity index (χ0n) is 10.7. The first-order valence-corrected chi connectivity index (χ1v) is 7.68. The molecule has 1 heterocycles. The maximum atomic E-state index is 5.66. The van der Waals surface area contributed by atoms with Crippen molar-refractivity contribution < 1.29 is 4.74 Å². The summed E-state index contributed by atoms with van der Waals surface area (Å²) in [6.45, 7) is 5.13. The Hall–Kier alpha value is -0.930. The highest BCUT2D eigenvalue weighted by molar-refractivity contribution is 7.99. The molecule has 0 radical (unpaired) electrons. The topological polar surface area (TPSA) is 21.3 Å². The number of benzene rings is 1. The second kappa shape index (κ2) is 7.49. The molecule has 0 aromatic heterocycles. The number of hydrogen-bond donors (Lipinski definition) is 1. The van der Waals surface area contributed by atoms with Crippen molar-refractivity contribution >= 4 is 11.8 Å². The maximum Gasteiger partial charge on any atom is 0.124 e. The molecule has 1 aliphatic rings. The molecule has 1 aromatic rings. The molecule has 1 atom stereocenters. The number of thioether (sulfide) groups is 1. The number of para-hydroxylation sites is 1. The number of hydrogen-bond acceptors (Lipinski definition) is 3. The Morgan fingerprint density at radius 1 is 1.44 bits per heavy atom. The van der Waals surface area contributed by atoms with Gasteiger partial charge in [0.15, 0.2) is 0 Å². The molecule has 98 valence electrons. The second-order valence-electron chi connectivity index (χ2n) is 4.50. The van der Waals surface area contributed by atoms with Crippen LogP contribution in [0.1, 0.15) is 18.4 Å². The van der Waals surface area contributed by atoms with E-state index in [9.17, 15) is 0 Å². The molecule has 1 N–H and O–H groups in total. The molecular formula is C15H21NOS. The summed E-state index contributed by atoms with van der Waals surface area (Å²) in [5.74, 6) is 3.51. The van der Waals surface area contributed by atoms with Crippen LogP contribution in [0.25, 0.3) is 0 Å². The van der Waals surface area contributed by atoms with E-state index in [2.05, 4.69) is 24.0 Å². The van der Waals surface area contributed by atoms with E-state index in [0.29, 0.717) is 12.6 Å². The minimum absolute atomic E-state index is 0.566. The average molecular weight is 263 g/mol. The van der Waals surface area contributed by atoms with Crippen molar-refractivity contribution in [1.29, 1.82) is 0 Å². The Kier molecular flexibility index (Phi) is 5.62. The molecule has 2 nitrogen and oxygen atoms in total. The molecule has 1 unspecified atom stereocenters. The molecule has 1 saturated heterocycles. The van der Waals surface area contributed by atoms with Gasteiger partial charge in [0, 0.05) is 23.9 Å². The molecule has 0 spiro atoms. The molecular weight excluding hydrogens is 242 g/mol. The minimum Gasteiger partial charge on any atom is -0.489 e. The average Bonchev–Trinajstić information content (AvgIpc) is 2.45. The lowest BCUT2D eigenvalue weighted by Crippen LogP contribution is -2.33. The molecule has 0 amide bonds. The Labute approximate surface area is 114 Å². The van der Waals surface area contributed by atoms with Crippen LogP contribution in [0.5, 0.6) is 5.75 Å². The first-order valence-electron chi connectivity index (χ1n) is 6.53. The van der Waals surface area contributed by atoms with Crippen LogP contribution in [-0.2, 0) is 6.54 Å². The van der Waals surface area contributed by atoms with Gasteiger partial charge in [-0.2, -0.15) is 11.8 Å². The fourth-order valence-electron chi connectivity index (χ4n) is 2.10. The standard InChI is InChI=1S/C15H21NOS/c1-2-9-17-15-8-4-3-6-13(15)11-16-14-7-5-10-18-12-14/h2-4,6,8,14,16H,1,5,7,9-12H2.